The van der Waals surface area contributed by atoms with E-state index in [0.29, 0.717) is 24.8 Å². The molecular weight excluding hydrogens is 338 g/mol. The van der Waals surface area contributed by atoms with Crippen LogP contribution >= 0.6 is 0 Å². The Morgan fingerprint density at radius 2 is 2.15 bits per heavy atom. The van der Waals surface area contributed by atoms with Crippen LogP contribution in [0.25, 0.3) is 0 Å². The van der Waals surface area contributed by atoms with Crippen molar-refractivity contribution < 1.29 is 9.32 Å². The molecule has 1 aliphatic rings. The first-order chi connectivity index (χ1) is 13.2. The Labute approximate surface area is 161 Å². The molecule has 0 radical (unpaired) electrons. The molecule has 3 rings (SSSR count). The van der Waals surface area contributed by atoms with Gasteiger partial charge in [-0.05, 0) is 49.8 Å². The summed E-state index contributed by atoms with van der Waals surface area (Å²) in [5, 5.41) is 10.8. The van der Waals surface area contributed by atoms with E-state index in [0.717, 1.165) is 62.2 Å². The van der Waals surface area contributed by atoms with Crippen LogP contribution in [-0.4, -0.2) is 24.2 Å². The number of carbonyl (C=O) groups is 1. The molecule has 0 bridgehead atoms. The number of amides is 1. The number of rotatable bonds is 9. The fourth-order valence-electron chi connectivity index (χ4n) is 3.78. The number of benzene rings is 1. The number of hydrogen-bond donors (Lipinski definition) is 2. The van der Waals surface area contributed by atoms with Crippen LogP contribution in [0.15, 0.2) is 40.9 Å². The summed E-state index contributed by atoms with van der Waals surface area (Å²) < 4.78 is 5.46. The third kappa shape index (κ3) is 6.21. The fraction of sp³-hybridized carbons (Fsp3) is 0.545. The van der Waals surface area contributed by atoms with Gasteiger partial charge in [0.05, 0.1) is 5.69 Å². The minimum Gasteiger partial charge on any atom is -0.361 e. The zero-order chi connectivity index (χ0) is 18.9. The largest absolute Gasteiger partial charge is 0.361 e. The number of piperidine rings is 1. The molecule has 1 fully saturated rings. The highest BCUT2D eigenvalue weighted by atomic mass is 16.5. The molecule has 5 heteroatoms. The molecular formula is C22H31N3O2. The van der Waals surface area contributed by atoms with Crippen molar-refractivity contribution in [1.29, 1.82) is 0 Å². The van der Waals surface area contributed by atoms with Crippen LogP contribution in [0.2, 0.25) is 0 Å². The molecule has 1 saturated heterocycles. The van der Waals surface area contributed by atoms with Gasteiger partial charge in [-0.1, -0.05) is 48.8 Å². The van der Waals surface area contributed by atoms with Gasteiger partial charge in [0.1, 0.15) is 5.76 Å². The Morgan fingerprint density at radius 1 is 1.30 bits per heavy atom. The summed E-state index contributed by atoms with van der Waals surface area (Å²) in [5.41, 5.74) is 2.15. The van der Waals surface area contributed by atoms with E-state index in [2.05, 4.69) is 28.8 Å². The molecule has 1 amide bonds. The van der Waals surface area contributed by atoms with E-state index in [4.69, 9.17) is 4.52 Å². The highest BCUT2D eigenvalue weighted by Gasteiger charge is 2.28. The number of hydrogen-bond acceptors (Lipinski definition) is 4. The van der Waals surface area contributed by atoms with Crippen LogP contribution in [0.5, 0.6) is 0 Å². The lowest BCUT2D eigenvalue weighted by atomic mass is 9.81. The zero-order valence-corrected chi connectivity index (χ0v) is 16.2. The number of nitrogens with one attached hydrogen (secondary N) is 2. The van der Waals surface area contributed by atoms with Crippen LogP contribution in [0, 0.1) is 11.8 Å². The fourth-order valence-corrected chi connectivity index (χ4v) is 3.78. The molecule has 2 heterocycles. The molecule has 5 nitrogen and oxygen atoms in total. The maximum atomic E-state index is 12.4. The van der Waals surface area contributed by atoms with Gasteiger partial charge in [-0.15, -0.1) is 0 Å². The van der Waals surface area contributed by atoms with Crippen molar-refractivity contribution in [3.8, 4) is 0 Å². The maximum Gasteiger partial charge on any atom is 0.220 e. The molecule has 0 aliphatic carbocycles. The van der Waals surface area contributed by atoms with E-state index in [9.17, 15) is 4.79 Å². The molecule has 146 valence electrons. The van der Waals surface area contributed by atoms with Crippen LogP contribution in [0.4, 0.5) is 0 Å². The Hall–Kier alpha value is -2.14. The summed E-state index contributed by atoms with van der Waals surface area (Å²) in [6, 6.07) is 12.1. The molecule has 0 spiro atoms. The van der Waals surface area contributed by atoms with Gasteiger partial charge in [-0.25, -0.2) is 0 Å². The Balaban J connectivity index is 1.50. The minimum atomic E-state index is 0.138. The monoisotopic (exact) mass is 369 g/mol. The number of unbranched alkanes of at least 4 members (excludes halogenated alkanes) is 1. The van der Waals surface area contributed by atoms with E-state index in [-0.39, 0.29) is 5.91 Å². The summed E-state index contributed by atoms with van der Waals surface area (Å²) in [6.07, 6.45) is 5.73. The summed E-state index contributed by atoms with van der Waals surface area (Å²) in [5.74, 6) is 1.93. The number of carbonyl (C=O) groups excluding carboxylic acids is 1. The van der Waals surface area contributed by atoms with Gasteiger partial charge >= 0.3 is 0 Å². The van der Waals surface area contributed by atoms with E-state index in [1.54, 1.807) is 0 Å². The second-order valence-electron chi connectivity index (χ2n) is 7.57. The van der Waals surface area contributed by atoms with Crippen molar-refractivity contribution in [2.75, 3.05) is 13.1 Å². The summed E-state index contributed by atoms with van der Waals surface area (Å²) in [7, 11) is 0. The smallest absolute Gasteiger partial charge is 0.220 e. The van der Waals surface area contributed by atoms with Crippen molar-refractivity contribution in [3.63, 3.8) is 0 Å². The first-order valence-corrected chi connectivity index (χ1v) is 10.2. The number of aryl methyl sites for hydroxylation is 1. The van der Waals surface area contributed by atoms with E-state index >= 15 is 0 Å². The van der Waals surface area contributed by atoms with Crippen LogP contribution < -0.4 is 10.6 Å². The van der Waals surface area contributed by atoms with Crippen LogP contribution in [0.1, 0.15) is 49.6 Å². The van der Waals surface area contributed by atoms with Crippen LogP contribution in [0.3, 0.4) is 0 Å². The van der Waals surface area contributed by atoms with Crippen molar-refractivity contribution in [3.05, 3.63) is 53.4 Å². The van der Waals surface area contributed by atoms with E-state index < -0.39 is 0 Å². The quantitative estimate of drug-likeness (QED) is 0.710. The Morgan fingerprint density at radius 3 is 2.96 bits per heavy atom. The first-order valence-electron chi connectivity index (χ1n) is 10.2. The maximum absolute atomic E-state index is 12.4. The molecule has 1 aromatic carbocycles. The lowest BCUT2D eigenvalue weighted by Gasteiger charge is -2.31. The topological polar surface area (TPSA) is 67.2 Å². The van der Waals surface area contributed by atoms with E-state index in [1.807, 2.05) is 30.3 Å². The van der Waals surface area contributed by atoms with Gasteiger partial charge in [0.2, 0.25) is 5.91 Å². The molecule has 1 aliphatic heterocycles. The average molecular weight is 370 g/mol. The van der Waals surface area contributed by atoms with Gasteiger partial charge < -0.3 is 15.2 Å². The van der Waals surface area contributed by atoms with Gasteiger partial charge in [0.15, 0.2) is 0 Å². The predicted octanol–water partition coefficient (Wildman–Crippen LogP) is 3.49. The zero-order valence-electron chi connectivity index (χ0n) is 16.2. The summed E-state index contributed by atoms with van der Waals surface area (Å²) in [6.45, 7) is 4.69. The molecule has 0 unspecified atom stereocenters. The van der Waals surface area contributed by atoms with Gasteiger partial charge in [-0.3, -0.25) is 4.79 Å². The molecule has 0 saturated carbocycles. The van der Waals surface area contributed by atoms with Crippen molar-refractivity contribution in [2.24, 2.45) is 11.8 Å². The lowest BCUT2D eigenvalue weighted by Crippen LogP contribution is -2.40. The van der Waals surface area contributed by atoms with Crippen molar-refractivity contribution >= 4 is 5.91 Å². The third-order valence-corrected chi connectivity index (χ3v) is 5.40. The van der Waals surface area contributed by atoms with Gasteiger partial charge in [-0.2, -0.15) is 0 Å². The second kappa shape index (κ2) is 10.3. The Bertz CT molecular complexity index is 699. The predicted molar refractivity (Wildman–Crippen MR) is 106 cm³/mol. The molecule has 27 heavy (non-hydrogen) atoms. The number of aromatic nitrogens is 1. The normalized spacial score (nSPS) is 19.7. The van der Waals surface area contributed by atoms with Crippen molar-refractivity contribution in [1.82, 2.24) is 15.8 Å². The van der Waals surface area contributed by atoms with Gasteiger partial charge in [0.25, 0.3) is 0 Å². The molecule has 2 N–H and O–H groups in total. The summed E-state index contributed by atoms with van der Waals surface area (Å²) in [4.78, 5) is 12.4. The molecule has 2 aromatic rings. The second-order valence-corrected chi connectivity index (χ2v) is 7.57. The molecule has 2 atom stereocenters. The van der Waals surface area contributed by atoms with Gasteiger partial charge in [0, 0.05) is 25.5 Å². The van der Waals surface area contributed by atoms with Crippen molar-refractivity contribution in [2.45, 2.75) is 52.0 Å². The highest BCUT2D eigenvalue weighted by Crippen LogP contribution is 2.26. The average Bonchev–Trinajstić information content (AvgIpc) is 3.14. The summed E-state index contributed by atoms with van der Waals surface area (Å²) >= 11 is 0. The highest BCUT2D eigenvalue weighted by molar-refractivity contribution is 5.76. The number of nitrogens with zero attached hydrogens (tertiary/aromatic N) is 1. The first kappa shape index (κ1) is 19.6. The van der Waals surface area contributed by atoms with E-state index in [1.165, 1.54) is 0 Å². The minimum absolute atomic E-state index is 0.138. The SMILES string of the molecule is CCCCc1cc(C[C@@H]2CNCC[C@H]2CC(=O)NCc2ccccc2)no1. The lowest BCUT2D eigenvalue weighted by molar-refractivity contribution is -0.122. The molecule has 1 aromatic heterocycles. The standard InChI is InChI=1S/C22H31N3O2/c1-2-3-9-21-14-20(25-27-21)12-19-16-23-11-10-18(19)13-22(26)24-15-17-7-5-4-6-8-17/h4-8,14,18-19,23H,2-3,9-13,15-16H2,1H3,(H,24,26)/t18-,19+/m0/s1. The third-order valence-electron chi connectivity index (χ3n) is 5.40. The van der Waals surface area contributed by atoms with Crippen LogP contribution in [-0.2, 0) is 24.2 Å². The Kier molecular flexibility index (Phi) is 7.45.